The lowest BCUT2D eigenvalue weighted by Crippen LogP contribution is -2.47. The van der Waals surface area contributed by atoms with Crippen LogP contribution in [0.4, 0.5) is 4.79 Å². The Morgan fingerprint density at radius 1 is 1.15 bits per heavy atom. The van der Waals surface area contributed by atoms with E-state index in [2.05, 4.69) is 26.1 Å². The molecule has 0 aromatic heterocycles. The van der Waals surface area contributed by atoms with E-state index in [9.17, 15) is 4.79 Å². The van der Waals surface area contributed by atoms with E-state index in [-0.39, 0.29) is 17.6 Å². The summed E-state index contributed by atoms with van der Waals surface area (Å²) in [5.74, 6) is 1.10. The second-order valence-corrected chi connectivity index (χ2v) is 6.71. The molecule has 1 fully saturated rings. The molecule has 0 heterocycles. The molecule has 0 spiro atoms. The highest BCUT2D eigenvalue weighted by Crippen LogP contribution is 2.38. The molecular formula is C17H25NO2. The summed E-state index contributed by atoms with van der Waals surface area (Å²) in [5.41, 5.74) is 0.213. The summed E-state index contributed by atoms with van der Waals surface area (Å²) in [6.45, 7) is 6.75. The van der Waals surface area contributed by atoms with Gasteiger partial charge in [-0.25, -0.2) is 4.79 Å². The monoisotopic (exact) mass is 275 g/mol. The van der Waals surface area contributed by atoms with Gasteiger partial charge in [0.1, 0.15) is 5.75 Å². The summed E-state index contributed by atoms with van der Waals surface area (Å²) in [4.78, 5) is 12.0. The molecule has 2 rings (SSSR count). The Balaban J connectivity index is 1.95. The van der Waals surface area contributed by atoms with Crippen molar-refractivity contribution >= 4 is 6.09 Å². The number of nitrogens with one attached hydrogen (secondary N) is 1. The van der Waals surface area contributed by atoms with Gasteiger partial charge >= 0.3 is 6.09 Å². The first-order chi connectivity index (χ1) is 9.47. The van der Waals surface area contributed by atoms with E-state index >= 15 is 0 Å². The normalized spacial score (nSPS) is 23.1. The molecular weight excluding hydrogens is 250 g/mol. The van der Waals surface area contributed by atoms with Crippen LogP contribution in [-0.2, 0) is 0 Å². The van der Waals surface area contributed by atoms with Gasteiger partial charge in [-0.3, -0.25) is 0 Å². The Hall–Kier alpha value is -1.51. The van der Waals surface area contributed by atoms with Gasteiger partial charge in [0.25, 0.3) is 0 Å². The Labute approximate surface area is 121 Å². The van der Waals surface area contributed by atoms with Crippen molar-refractivity contribution in [1.82, 2.24) is 5.32 Å². The van der Waals surface area contributed by atoms with E-state index in [1.807, 2.05) is 18.2 Å². The van der Waals surface area contributed by atoms with Crippen LogP contribution in [0.2, 0.25) is 0 Å². The molecule has 1 aromatic rings. The summed E-state index contributed by atoms with van der Waals surface area (Å²) in [7, 11) is 0. The maximum atomic E-state index is 12.0. The first-order valence-corrected chi connectivity index (χ1v) is 7.50. The number of carbonyl (C=O) groups is 1. The van der Waals surface area contributed by atoms with Gasteiger partial charge in [0.2, 0.25) is 0 Å². The molecule has 20 heavy (non-hydrogen) atoms. The lowest BCUT2D eigenvalue weighted by Gasteiger charge is -2.40. The minimum atomic E-state index is -0.336. The van der Waals surface area contributed by atoms with E-state index in [0.717, 1.165) is 6.42 Å². The zero-order valence-corrected chi connectivity index (χ0v) is 12.7. The first kappa shape index (κ1) is 14.9. The molecule has 1 aromatic carbocycles. The van der Waals surface area contributed by atoms with Crippen LogP contribution in [-0.4, -0.2) is 12.1 Å². The van der Waals surface area contributed by atoms with E-state index in [1.54, 1.807) is 12.1 Å². The minimum absolute atomic E-state index is 0.213. The summed E-state index contributed by atoms with van der Waals surface area (Å²) in [6, 6.07) is 9.44. The van der Waals surface area contributed by atoms with Crippen molar-refractivity contribution in [3.8, 4) is 5.75 Å². The summed E-state index contributed by atoms with van der Waals surface area (Å²) >= 11 is 0. The van der Waals surface area contributed by atoms with Crippen molar-refractivity contribution in [2.45, 2.75) is 52.5 Å². The first-order valence-electron chi connectivity index (χ1n) is 7.50. The Morgan fingerprint density at radius 3 is 2.45 bits per heavy atom. The van der Waals surface area contributed by atoms with Crippen LogP contribution in [0.5, 0.6) is 5.75 Å². The molecule has 0 aliphatic heterocycles. The molecule has 0 saturated heterocycles. The molecule has 1 aliphatic carbocycles. The number of benzene rings is 1. The summed E-state index contributed by atoms with van der Waals surface area (Å²) < 4.78 is 5.33. The molecule has 1 amide bonds. The maximum Gasteiger partial charge on any atom is 0.412 e. The number of carbonyl (C=O) groups excluding carboxylic acids is 1. The van der Waals surface area contributed by atoms with Crippen molar-refractivity contribution in [1.29, 1.82) is 0 Å². The van der Waals surface area contributed by atoms with Gasteiger partial charge in [0.05, 0.1) is 0 Å². The van der Waals surface area contributed by atoms with Crippen LogP contribution in [0.15, 0.2) is 30.3 Å². The number of rotatable bonds is 2. The van der Waals surface area contributed by atoms with Crippen molar-refractivity contribution in [2.75, 3.05) is 0 Å². The van der Waals surface area contributed by atoms with Crippen LogP contribution >= 0.6 is 0 Å². The molecule has 110 valence electrons. The Bertz CT molecular complexity index is 436. The average molecular weight is 275 g/mol. The maximum absolute atomic E-state index is 12.0. The van der Waals surface area contributed by atoms with Crippen molar-refractivity contribution in [3.05, 3.63) is 30.3 Å². The van der Waals surface area contributed by atoms with Gasteiger partial charge in [-0.1, -0.05) is 51.8 Å². The molecule has 0 bridgehead atoms. The number of ether oxygens (including phenoxy) is 1. The highest BCUT2D eigenvalue weighted by Gasteiger charge is 2.35. The fourth-order valence-corrected chi connectivity index (χ4v) is 3.12. The second kappa shape index (κ2) is 6.29. The molecule has 1 N–H and O–H groups in total. The Kier molecular flexibility index (Phi) is 4.69. The van der Waals surface area contributed by atoms with Gasteiger partial charge in [0.15, 0.2) is 0 Å². The van der Waals surface area contributed by atoms with Crippen molar-refractivity contribution < 1.29 is 9.53 Å². The topological polar surface area (TPSA) is 38.3 Å². The number of hydrogen-bond acceptors (Lipinski definition) is 2. The van der Waals surface area contributed by atoms with Crippen LogP contribution in [0.25, 0.3) is 0 Å². The quantitative estimate of drug-likeness (QED) is 0.869. The zero-order valence-electron chi connectivity index (χ0n) is 12.7. The van der Waals surface area contributed by atoms with E-state index in [0.29, 0.717) is 11.7 Å². The predicted molar refractivity (Wildman–Crippen MR) is 80.8 cm³/mol. The molecule has 1 saturated carbocycles. The lowest BCUT2D eigenvalue weighted by molar-refractivity contribution is 0.124. The fraction of sp³-hybridized carbons (Fsp3) is 0.588. The van der Waals surface area contributed by atoms with Crippen LogP contribution in [0.3, 0.4) is 0 Å². The van der Waals surface area contributed by atoms with Crippen LogP contribution in [0.1, 0.15) is 46.5 Å². The molecule has 0 radical (unpaired) electrons. The minimum Gasteiger partial charge on any atom is -0.410 e. The van der Waals surface area contributed by atoms with Crippen molar-refractivity contribution in [3.63, 3.8) is 0 Å². The van der Waals surface area contributed by atoms with Gasteiger partial charge in [-0.05, 0) is 36.3 Å². The highest BCUT2D eigenvalue weighted by molar-refractivity contribution is 5.70. The third-order valence-corrected chi connectivity index (χ3v) is 4.14. The molecule has 3 heteroatoms. The number of para-hydroxylation sites is 1. The second-order valence-electron chi connectivity index (χ2n) is 6.71. The molecule has 3 nitrogen and oxygen atoms in total. The summed E-state index contributed by atoms with van der Waals surface area (Å²) in [5, 5.41) is 3.06. The van der Waals surface area contributed by atoms with Crippen LogP contribution < -0.4 is 10.1 Å². The number of hydrogen-bond donors (Lipinski definition) is 1. The summed E-state index contributed by atoms with van der Waals surface area (Å²) in [6.07, 6.45) is 4.33. The average Bonchev–Trinajstić information content (AvgIpc) is 2.39. The van der Waals surface area contributed by atoms with Crippen molar-refractivity contribution in [2.24, 2.45) is 11.3 Å². The number of amides is 1. The Morgan fingerprint density at radius 2 is 1.80 bits per heavy atom. The third kappa shape index (κ3) is 3.99. The standard InChI is InChI=1S/C17H25NO2/c1-17(2,3)14-11-7-8-12-15(14)18-16(19)20-13-9-5-4-6-10-13/h4-6,9-10,14-15H,7-8,11-12H2,1-3H3,(H,18,19). The van der Waals surface area contributed by atoms with Gasteiger partial charge in [-0.2, -0.15) is 0 Å². The third-order valence-electron chi connectivity index (χ3n) is 4.14. The molecule has 2 atom stereocenters. The van der Waals surface area contributed by atoms with E-state index in [4.69, 9.17) is 4.74 Å². The van der Waals surface area contributed by atoms with Gasteiger partial charge < -0.3 is 10.1 Å². The zero-order chi connectivity index (χ0) is 14.6. The van der Waals surface area contributed by atoms with Gasteiger partial charge in [0, 0.05) is 6.04 Å². The van der Waals surface area contributed by atoms with Gasteiger partial charge in [-0.15, -0.1) is 0 Å². The highest BCUT2D eigenvalue weighted by atomic mass is 16.6. The molecule has 1 aliphatic rings. The largest absolute Gasteiger partial charge is 0.412 e. The lowest BCUT2D eigenvalue weighted by atomic mass is 9.69. The molecule has 2 unspecified atom stereocenters. The van der Waals surface area contributed by atoms with Crippen LogP contribution in [0, 0.1) is 11.3 Å². The smallest absolute Gasteiger partial charge is 0.410 e. The SMILES string of the molecule is CC(C)(C)C1CCCCC1NC(=O)Oc1ccccc1. The fourth-order valence-electron chi connectivity index (χ4n) is 3.12. The predicted octanol–water partition coefficient (Wildman–Crippen LogP) is 4.38. The van der Waals surface area contributed by atoms with E-state index in [1.165, 1.54) is 19.3 Å². The van der Waals surface area contributed by atoms with E-state index < -0.39 is 0 Å².